The molecule has 5 aromatic rings. The molecule has 0 aliphatic carbocycles. The Labute approximate surface area is 237 Å². The van der Waals surface area contributed by atoms with Crippen molar-refractivity contribution < 1.29 is 18.8 Å². The van der Waals surface area contributed by atoms with E-state index in [0.29, 0.717) is 27.9 Å². The monoisotopic (exact) mass is 548 g/mol. The second-order valence-electron chi connectivity index (χ2n) is 9.09. The minimum atomic E-state index is -0.383. The number of halogens is 1. The van der Waals surface area contributed by atoms with Gasteiger partial charge in [0, 0.05) is 47.9 Å². The van der Waals surface area contributed by atoms with Gasteiger partial charge >= 0.3 is 0 Å². The van der Waals surface area contributed by atoms with Crippen molar-refractivity contribution in [1.82, 2.24) is 14.9 Å². The summed E-state index contributed by atoms with van der Waals surface area (Å²) < 4.78 is 15.2. The van der Waals surface area contributed by atoms with E-state index in [1.165, 1.54) is 12.1 Å². The molecule has 2 heterocycles. The number of benzene rings is 3. The van der Waals surface area contributed by atoms with Crippen LogP contribution in [0, 0.1) is 5.82 Å². The molecule has 0 aliphatic rings. The van der Waals surface area contributed by atoms with E-state index in [0.717, 1.165) is 11.1 Å². The second kappa shape index (κ2) is 13.7. The molecule has 0 saturated heterocycles. The van der Waals surface area contributed by atoms with Crippen molar-refractivity contribution in [3.8, 4) is 22.3 Å². The Kier molecular flexibility index (Phi) is 9.64. The Morgan fingerprint density at radius 3 is 1.90 bits per heavy atom. The van der Waals surface area contributed by atoms with Crippen LogP contribution in [0.1, 0.15) is 31.2 Å². The number of aromatic nitrogens is 2. The Hall–Kier alpha value is -5.21. The van der Waals surface area contributed by atoms with Crippen LogP contribution in [0.25, 0.3) is 22.3 Å². The number of nitrogens with one attached hydrogen (secondary N) is 1. The van der Waals surface area contributed by atoms with Crippen molar-refractivity contribution in [3.63, 3.8) is 0 Å². The Morgan fingerprint density at radius 2 is 1.34 bits per heavy atom. The summed E-state index contributed by atoms with van der Waals surface area (Å²) in [5.74, 6) is -0.933. The van der Waals surface area contributed by atoms with Crippen molar-refractivity contribution in [3.05, 3.63) is 138 Å². The van der Waals surface area contributed by atoms with Crippen LogP contribution >= 0.6 is 0 Å². The van der Waals surface area contributed by atoms with Crippen LogP contribution in [0.3, 0.4) is 0 Å². The second-order valence-corrected chi connectivity index (χ2v) is 9.09. The number of pyridine rings is 1. The third kappa shape index (κ3) is 7.26. The summed E-state index contributed by atoms with van der Waals surface area (Å²) in [4.78, 5) is 40.5. The zero-order valence-electron chi connectivity index (χ0n) is 22.5. The maximum absolute atomic E-state index is 13.5. The highest BCUT2D eigenvalue weighted by Crippen LogP contribution is 2.36. The molecule has 7 nitrogen and oxygen atoms in total. The lowest BCUT2D eigenvalue weighted by Crippen LogP contribution is -2.31. The van der Waals surface area contributed by atoms with Crippen LogP contribution in [0.2, 0.25) is 0 Å². The van der Waals surface area contributed by atoms with Crippen LogP contribution in [0.4, 0.5) is 4.39 Å². The molecule has 41 heavy (non-hydrogen) atoms. The maximum atomic E-state index is 13.5. The Bertz CT molecular complexity index is 1620. The molecule has 1 amide bonds. The smallest absolute Gasteiger partial charge is 0.268 e. The summed E-state index contributed by atoms with van der Waals surface area (Å²) in [6.45, 7) is -0.0362. The van der Waals surface area contributed by atoms with E-state index >= 15 is 0 Å². The number of Topliss-reactive ketones (excluding diaryl/α,β-unsaturated/α-hetero) is 2. The number of hydrogen-bond donors (Lipinski definition) is 2. The molecular weight excluding hydrogens is 519 g/mol. The van der Waals surface area contributed by atoms with Crippen molar-refractivity contribution in [1.29, 1.82) is 0 Å². The quantitative estimate of drug-likeness (QED) is 0.255. The fourth-order valence-electron chi connectivity index (χ4n) is 4.27. The van der Waals surface area contributed by atoms with E-state index in [4.69, 9.17) is 5.73 Å². The van der Waals surface area contributed by atoms with Gasteiger partial charge in [0.2, 0.25) is 0 Å². The zero-order valence-corrected chi connectivity index (χ0v) is 22.5. The van der Waals surface area contributed by atoms with Crippen molar-refractivity contribution in [2.24, 2.45) is 12.8 Å². The third-order valence-corrected chi connectivity index (χ3v) is 6.31. The summed E-state index contributed by atoms with van der Waals surface area (Å²) in [5, 5.41) is 2.73. The van der Waals surface area contributed by atoms with Crippen LogP contribution < -0.4 is 11.1 Å². The number of nitrogens with two attached hydrogens (primary N) is 1. The largest absolute Gasteiger partial charge is 0.345 e. The number of rotatable bonds is 8. The molecule has 0 radical (unpaired) electrons. The lowest BCUT2D eigenvalue weighted by molar-refractivity contribution is 0.0899. The first-order chi connectivity index (χ1) is 19.9. The Balaban J connectivity index is 0.000000328. The van der Waals surface area contributed by atoms with Gasteiger partial charge in [0.15, 0.2) is 11.6 Å². The molecule has 0 bridgehead atoms. The molecule has 3 aromatic carbocycles. The molecule has 2 aromatic heterocycles. The fraction of sp³-hybridized carbons (Fsp3) is 0.0909. The molecule has 8 heteroatoms. The van der Waals surface area contributed by atoms with Gasteiger partial charge in [0.05, 0.1) is 13.1 Å². The molecular formula is C33H29FN4O3. The van der Waals surface area contributed by atoms with Crippen molar-refractivity contribution >= 4 is 17.5 Å². The van der Waals surface area contributed by atoms with Gasteiger partial charge in [-0.05, 0) is 35.4 Å². The summed E-state index contributed by atoms with van der Waals surface area (Å²) in [5.41, 5.74) is 9.82. The van der Waals surface area contributed by atoms with Gasteiger partial charge in [-0.3, -0.25) is 19.4 Å². The number of ketones is 2. The lowest BCUT2D eigenvalue weighted by atomic mass is 9.97. The summed E-state index contributed by atoms with van der Waals surface area (Å²) in [7, 11) is 1.77. The zero-order chi connectivity index (χ0) is 29.2. The number of hydrogen-bond acceptors (Lipinski definition) is 5. The first kappa shape index (κ1) is 28.8. The van der Waals surface area contributed by atoms with Crippen LogP contribution in [0.5, 0.6) is 0 Å². The highest BCUT2D eigenvalue weighted by molar-refractivity contribution is 6.06. The summed E-state index contributed by atoms with van der Waals surface area (Å²) in [6.07, 6.45) is 5.20. The molecule has 0 aliphatic heterocycles. The number of carbonyl (C=O) groups excluding carboxylic acids is 3. The predicted octanol–water partition coefficient (Wildman–Crippen LogP) is 5.33. The predicted molar refractivity (Wildman–Crippen MR) is 157 cm³/mol. The van der Waals surface area contributed by atoms with Crippen molar-refractivity contribution in [2.75, 3.05) is 13.1 Å². The van der Waals surface area contributed by atoms with Gasteiger partial charge in [0.1, 0.15) is 11.5 Å². The van der Waals surface area contributed by atoms with Gasteiger partial charge in [-0.2, -0.15) is 0 Å². The number of carbonyl (C=O) groups is 3. The lowest BCUT2D eigenvalue weighted by Gasteiger charge is -2.11. The minimum absolute atomic E-state index is 0.0133. The molecule has 0 atom stereocenters. The van der Waals surface area contributed by atoms with E-state index in [1.54, 1.807) is 72.5 Å². The van der Waals surface area contributed by atoms with Gasteiger partial charge in [0.25, 0.3) is 5.91 Å². The van der Waals surface area contributed by atoms with Gasteiger partial charge < -0.3 is 15.6 Å². The van der Waals surface area contributed by atoms with Crippen LogP contribution in [0.15, 0.2) is 116 Å². The topological polar surface area (TPSA) is 107 Å². The minimum Gasteiger partial charge on any atom is -0.345 e. The Morgan fingerprint density at radius 1 is 0.780 bits per heavy atom. The molecule has 5 rings (SSSR count). The summed E-state index contributed by atoms with van der Waals surface area (Å²) >= 11 is 0. The fourth-order valence-corrected chi connectivity index (χ4v) is 4.27. The average Bonchev–Trinajstić information content (AvgIpc) is 3.38. The molecule has 206 valence electrons. The molecule has 3 N–H and O–H groups in total. The maximum Gasteiger partial charge on any atom is 0.268 e. The molecule has 0 unspecified atom stereocenters. The van der Waals surface area contributed by atoms with E-state index in [2.05, 4.69) is 10.3 Å². The summed E-state index contributed by atoms with van der Waals surface area (Å²) in [6, 6.07) is 27.5. The standard InChI is InChI=1S/C25H20FN3O2.C8H9NO/c1-29-16-21(17-11-13-27-14-12-17)23(19-7-9-20(26)10-8-19)24(29)25(31)28-15-22(30)18-5-3-2-4-6-18;9-6-8(10)7-4-2-1-3-5-7/h2-14,16H,15H2,1H3,(H,28,31);1-5H,6,9H2. The molecule has 0 fully saturated rings. The van der Waals surface area contributed by atoms with E-state index in [-0.39, 0.29) is 36.4 Å². The number of nitrogens with zero attached hydrogens (tertiary/aromatic N) is 2. The highest BCUT2D eigenvalue weighted by Gasteiger charge is 2.23. The van der Waals surface area contributed by atoms with E-state index < -0.39 is 0 Å². The average molecular weight is 549 g/mol. The van der Waals surface area contributed by atoms with Crippen LogP contribution in [-0.2, 0) is 7.05 Å². The molecule has 0 saturated carbocycles. The molecule has 0 spiro atoms. The first-order valence-electron chi connectivity index (χ1n) is 12.9. The highest BCUT2D eigenvalue weighted by atomic mass is 19.1. The number of aryl methyl sites for hydroxylation is 1. The normalized spacial score (nSPS) is 10.3. The third-order valence-electron chi connectivity index (χ3n) is 6.31. The van der Waals surface area contributed by atoms with E-state index in [9.17, 15) is 18.8 Å². The van der Waals surface area contributed by atoms with Gasteiger partial charge in [-0.25, -0.2) is 4.39 Å². The van der Waals surface area contributed by atoms with Crippen molar-refractivity contribution in [2.45, 2.75) is 0 Å². The van der Waals surface area contributed by atoms with E-state index in [1.807, 2.05) is 42.6 Å². The van der Waals surface area contributed by atoms with Gasteiger partial charge in [-0.15, -0.1) is 0 Å². The number of amides is 1. The SMILES string of the molecule is Cn1cc(-c2ccncc2)c(-c2ccc(F)cc2)c1C(=O)NCC(=O)c1ccccc1.NCC(=O)c1ccccc1. The first-order valence-corrected chi connectivity index (χ1v) is 12.9. The van der Waals surface area contributed by atoms with Crippen LogP contribution in [-0.4, -0.2) is 40.1 Å². The van der Waals surface area contributed by atoms with Gasteiger partial charge in [-0.1, -0.05) is 72.8 Å².